The minimum absolute atomic E-state index is 0.245. The number of nitrogens with zero attached hydrogens (tertiary/aromatic N) is 1. The van der Waals surface area contributed by atoms with Crippen LogP contribution in [0.4, 0.5) is 0 Å². The summed E-state index contributed by atoms with van der Waals surface area (Å²) in [6.45, 7) is 1.79. The van der Waals surface area contributed by atoms with E-state index in [-0.39, 0.29) is 11.9 Å². The first-order valence-corrected chi connectivity index (χ1v) is 7.27. The van der Waals surface area contributed by atoms with E-state index in [2.05, 4.69) is 10.3 Å². The molecule has 114 valence electrons. The van der Waals surface area contributed by atoms with Crippen molar-refractivity contribution in [3.05, 3.63) is 72.1 Å². The van der Waals surface area contributed by atoms with Crippen LogP contribution in [0, 0.1) is 0 Å². The van der Waals surface area contributed by atoms with Crippen LogP contribution in [-0.4, -0.2) is 28.1 Å². The van der Waals surface area contributed by atoms with Gasteiger partial charge < -0.3 is 10.4 Å². The van der Waals surface area contributed by atoms with Crippen LogP contribution in [0.1, 0.15) is 18.2 Å². The molecule has 0 spiro atoms. The lowest BCUT2D eigenvalue weighted by molar-refractivity contribution is -0.117. The van der Waals surface area contributed by atoms with E-state index < -0.39 is 6.10 Å². The second kappa shape index (κ2) is 8.10. The summed E-state index contributed by atoms with van der Waals surface area (Å²) in [4.78, 5) is 16.0. The number of rotatable bonds is 6. The molecule has 1 amide bonds. The van der Waals surface area contributed by atoms with Crippen LogP contribution in [-0.2, 0) is 11.2 Å². The molecule has 0 aliphatic heterocycles. The van der Waals surface area contributed by atoms with Crippen molar-refractivity contribution in [3.63, 3.8) is 0 Å². The summed E-state index contributed by atoms with van der Waals surface area (Å²) in [6.07, 6.45) is 4.62. The molecule has 0 saturated heterocycles. The normalized spacial score (nSPS) is 13.7. The second-order valence-electron chi connectivity index (χ2n) is 5.14. The summed E-state index contributed by atoms with van der Waals surface area (Å²) in [5.74, 6) is -0.245. The third kappa shape index (κ3) is 5.14. The lowest BCUT2D eigenvalue weighted by Crippen LogP contribution is -2.41. The number of aromatic nitrogens is 1. The number of carbonyl (C=O) groups is 1. The van der Waals surface area contributed by atoms with Crippen molar-refractivity contribution in [1.29, 1.82) is 0 Å². The van der Waals surface area contributed by atoms with Gasteiger partial charge in [0.05, 0.1) is 17.8 Å². The third-order valence-corrected chi connectivity index (χ3v) is 3.33. The zero-order valence-electron chi connectivity index (χ0n) is 12.5. The SMILES string of the molecule is CC(NC(=O)/C=C/c1ccccn1)C(O)Cc1ccccc1. The van der Waals surface area contributed by atoms with Crippen molar-refractivity contribution in [1.82, 2.24) is 10.3 Å². The molecular weight excluding hydrogens is 276 g/mol. The Morgan fingerprint density at radius 2 is 1.95 bits per heavy atom. The van der Waals surface area contributed by atoms with Crippen molar-refractivity contribution in [3.8, 4) is 0 Å². The molecule has 2 atom stereocenters. The Kier molecular flexibility index (Phi) is 5.86. The highest BCUT2D eigenvalue weighted by molar-refractivity contribution is 5.91. The third-order valence-electron chi connectivity index (χ3n) is 3.33. The highest BCUT2D eigenvalue weighted by Crippen LogP contribution is 2.06. The molecule has 0 bridgehead atoms. The van der Waals surface area contributed by atoms with Crippen LogP contribution in [0.25, 0.3) is 6.08 Å². The fourth-order valence-corrected chi connectivity index (χ4v) is 2.04. The summed E-state index contributed by atoms with van der Waals surface area (Å²) in [7, 11) is 0. The van der Waals surface area contributed by atoms with Gasteiger partial charge in [0.15, 0.2) is 0 Å². The Hall–Kier alpha value is -2.46. The van der Waals surface area contributed by atoms with Gasteiger partial charge in [-0.3, -0.25) is 9.78 Å². The average molecular weight is 296 g/mol. The molecule has 2 aromatic rings. The molecule has 0 aliphatic carbocycles. The molecule has 1 aromatic heterocycles. The Balaban J connectivity index is 1.84. The minimum atomic E-state index is -0.630. The van der Waals surface area contributed by atoms with Crippen LogP contribution in [0.15, 0.2) is 60.8 Å². The number of nitrogens with one attached hydrogen (secondary N) is 1. The molecule has 0 radical (unpaired) electrons. The van der Waals surface area contributed by atoms with Gasteiger partial charge in [-0.05, 0) is 30.7 Å². The summed E-state index contributed by atoms with van der Waals surface area (Å²) >= 11 is 0. The Morgan fingerprint density at radius 3 is 2.64 bits per heavy atom. The summed E-state index contributed by atoms with van der Waals surface area (Å²) in [6, 6.07) is 14.9. The molecule has 4 heteroatoms. The van der Waals surface area contributed by atoms with E-state index in [4.69, 9.17) is 0 Å². The number of pyridine rings is 1. The number of hydrogen-bond acceptors (Lipinski definition) is 3. The molecular formula is C18H20N2O2. The average Bonchev–Trinajstić information content (AvgIpc) is 2.55. The van der Waals surface area contributed by atoms with Crippen molar-refractivity contribution in [2.45, 2.75) is 25.5 Å². The first kappa shape index (κ1) is 15.9. The van der Waals surface area contributed by atoms with Gasteiger partial charge in [0.25, 0.3) is 0 Å². The highest BCUT2D eigenvalue weighted by atomic mass is 16.3. The minimum Gasteiger partial charge on any atom is -0.391 e. The number of amides is 1. The molecule has 2 rings (SSSR count). The van der Waals surface area contributed by atoms with Crippen LogP contribution in [0.2, 0.25) is 0 Å². The largest absolute Gasteiger partial charge is 0.391 e. The fourth-order valence-electron chi connectivity index (χ4n) is 2.04. The van der Waals surface area contributed by atoms with Crippen LogP contribution in [0.3, 0.4) is 0 Å². The molecule has 0 aliphatic rings. The van der Waals surface area contributed by atoms with Crippen molar-refractivity contribution >= 4 is 12.0 Å². The lowest BCUT2D eigenvalue weighted by atomic mass is 10.0. The fraction of sp³-hybridized carbons (Fsp3) is 0.222. The standard InChI is InChI=1S/C18H20N2O2/c1-14(17(21)13-15-7-3-2-4-8-15)20-18(22)11-10-16-9-5-6-12-19-16/h2-12,14,17,21H,13H2,1H3,(H,20,22)/b11-10+. The van der Waals surface area contributed by atoms with Crippen LogP contribution in [0.5, 0.6) is 0 Å². The van der Waals surface area contributed by atoms with E-state index in [0.29, 0.717) is 6.42 Å². The summed E-state index contributed by atoms with van der Waals surface area (Å²) in [5, 5.41) is 12.9. The number of aliphatic hydroxyl groups is 1. The first-order valence-electron chi connectivity index (χ1n) is 7.27. The van der Waals surface area contributed by atoms with Gasteiger partial charge in [-0.1, -0.05) is 36.4 Å². The monoisotopic (exact) mass is 296 g/mol. The molecule has 1 aromatic carbocycles. The molecule has 1 heterocycles. The topological polar surface area (TPSA) is 62.2 Å². The Bertz CT molecular complexity index is 611. The maximum absolute atomic E-state index is 11.8. The van der Waals surface area contributed by atoms with Gasteiger partial charge in [0, 0.05) is 18.7 Å². The van der Waals surface area contributed by atoms with Gasteiger partial charge in [-0.2, -0.15) is 0 Å². The molecule has 0 saturated carbocycles. The molecule has 0 fully saturated rings. The van der Waals surface area contributed by atoms with Crippen LogP contribution < -0.4 is 5.32 Å². The molecule has 2 unspecified atom stereocenters. The predicted molar refractivity (Wildman–Crippen MR) is 87.0 cm³/mol. The maximum atomic E-state index is 11.8. The van der Waals surface area contributed by atoms with Gasteiger partial charge in [0.1, 0.15) is 0 Å². The number of hydrogen-bond donors (Lipinski definition) is 2. The predicted octanol–water partition coefficient (Wildman–Crippen LogP) is 2.20. The zero-order valence-corrected chi connectivity index (χ0v) is 12.5. The van der Waals surface area contributed by atoms with Gasteiger partial charge in [-0.15, -0.1) is 0 Å². The van der Waals surface area contributed by atoms with Gasteiger partial charge in [-0.25, -0.2) is 0 Å². The maximum Gasteiger partial charge on any atom is 0.244 e. The summed E-state index contributed by atoms with van der Waals surface area (Å²) < 4.78 is 0. The zero-order chi connectivity index (χ0) is 15.8. The van der Waals surface area contributed by atoms with E-state index >= 15 is 0 Å². The Morgan fingerprint density at radius 1 is 1.23 bits per heavy atom. The van der Waals surface area contributed by atoms with Gasteiger partial charge in [0.2, 0.25) is 5.91 Å². The molecule has 22 heavy (non-hydrogen) atoms. The first-order chi connectivity index (χ1) is 10.6. The number of benzene rings is 1. The van der Waals surface area contributed by atoms with Crippen molar-refractivity contribution in [2.75, 3.05) is 0 Å². The smallest absolute Gasteiger partial charge is 0.244 e. The van der Waals surface area contributed by atoms with Crippen LogP contribution >= 0.6 is 0 Å². The van der Waals surface area contributed by atoms with E-state index in [0.717, 1.165) is 11.3 Å². The molecule has 4 nitrogen and oxygen atoms in total. The van der Waals surface area contributed by atoms with E-state index in [9.17, 15) is 9.90 Å². The lowest BCUT2D eigenvalue weighted by Gasteiger charge is -2.19. The van der Waals surface area contributed by atoms with E-state index in [1.165, 1.54) is 6.08 Å². The number of carbonyl (C=O) groups excluding carboxylic acids is 1. The van der Waals surface area contributed by atoms with E-state index in [1.807, 2.05) is 48.5 Å². The quantitative estimate of drug-likeness (QED) is 0.803. The van der Waals surface area contributed by atoms with Gasteiger partial charge >= 0.3 is 0 Å². The Labute approximate surface area is 130 Å². The number of aliphatic hydroxyl groups excluding tert-OH is 1. The van der Waals surface area contributed by atoms with E-state index in [1.54, 1.807) is 19.2 Å². The highest BCUT2D eigenvalue weighted by Gasteiger charge is 2.15. The molecule has 2 N–H and O–H groups in total. The van der Waals surface area contributed by atoms with Crippen molar-refractivity contribution in [2.24, 2.45) is 0 Å². The summed E-state index contributed by atoms with van der Waals surface area (Å²) in [5.41, 5.74) is 1.76. The van der Waals surface area contributed by atoms with Crippen molar-refractivity contribution < 1.29 is 9.90 Å². The second-order valence-corrected chi connectivity index (χ2v) is 5.14.